The first-order valence-electron chi connectivity index (χ1n) is 4.77. The molecule has 0 bridgehead atoms. The summed E-state index contributed by atoms with van der Waals surface area (Å²) in [6, 6.07) is 9.63. The largest absolute Gasteiger partial charge is 0.384 e. The maximum absolute atomic E-state index is 10.3. The molecule has 0 aliphatic heterocycles. The summed E-state index contributed by atoms with van der Waals surface area (Å²) in [5, 5.41) is 10.3. The average molecular weight is 177 g/mol. The number of aliphatic hydroxyl groups is 1. The number of hydrogen-bond acceptors (Lipinski definition) is 2. The first-order valence-corrected chi connectivity index (χ1v) is 4.77. The topological polar surface area (TPSA) is 46.2 Å². The van der Waals surface area contributed by atoms with E-state index in [4.69, 9.17) is 5.73 Å². The van der Waals surface area contributed by atoms with Crippen molar-refractivity contribution in [2.45, 2.75) is 30.9 Å². The minimum atomic E-state index is -0.777. The molecule has 2 nitrogen and oxygen atoms in total. The van der Waals surface area contributed by atoms with E-state index in [1.807, 2.05) is 30.3 Å². The van der Waals surface area contributed by atoms with E-state index in [0.29, 0.717) is 0 Å². The van der Waals surface area contributed by atoms with Gasteiger partial charge in [0.1, 0.15) is 5.60 Å². The molecule has 13 heavy (non-hydrogen) atoms. The fourth-order valence-corrected chi connectivity index (χ4v) is 2.10. The van der Waals surface area contributed by atoms with Gasteiger partial charge in [0.15, 0.2) is 0 Å². The van der Waals surface area contributed by atoms with Crippen molar-refractivity contribution >= 4 is 0 Å². The van der Waals surface area contributed by atoms with Crippen LogP contribution in [0.25, 0.3) is 0 Å². The van der Waals surface area contributed by atoms with Gasteiger partial charge < -0.3 is 10.8 Å². The number of hydrogen-bond donors (Lipinski definition) is 2. The van der Waals surface area contributed by atoms with Crippen LogP contribution in [0.3, 0.4) is 0 Å². The molecule has 2 atom stereocenters. The van der Waals surface area contributed by atoms with Crippen molar-refractivity contribution in [1.82, 2.24) is 0 Å². The minimum Gasteiger partial charge on any atom is -0.384 e. The van der Waals surface area contributed by atoms with Crippen LogP contribution in [-0.2, 0) is 5.60 Å². The van der Waals surface area contributed by atoms with Crippen molar-refractivity contribution in [2.75, 3.05) is 0 Å². The zero-order valence-electron chi connectivity index (χ0n) is 7.61. The molecule has 1 aromatic carbocycles. The molecule has 0 amide bonds. The molecule has 1 fully saturated rings. The van der Waals surface area contributed by atoms with E-state index in [-0.39, 0.29) is 6.04 Å². The molecule has 0 heterocycles. The Morgan fingerprint density at radius 1 is 1.31 bits per heavy atom. The van der Waals surface area contributed by atoms with E-state index in [1.54, 1.807) is 0 Å². The van der Waals surface area contributed by atoms with Crippen molar-refractivity contribution < 1.29 is 5.11 Å². The third-order valence-electron chi connectivity index (χ3n) is 2.96. The van der Waals surface area contributed by atoms with Gasteiger partial charge in [0.05, 0.1) is 0 Å². The normalized spacial score (nSPS) is 33.5. The fourth-order valence-electron chi connectivity index (χ4n) is 2.10. The second kappa shape index (κ2) is 3.13. The van der Waals surface area contributed by atoms with Gasteiger partial charge in [-0.05, 0) is 24.8 Å². The predicted molar refractivity (Wildman–Crippen MR) is 52.2 cm³/mol. The van der Waals surface area contributed by atoms with Gasteiger partial charge in [-0.1, -0.05) is 30.3 Å². The molecule has 0 aromatic heterocycles. The summed E-state index contributed by atoms with van der Waals surface area (Å²) in [5.41, 5.74) is 6.08. The van der Waals surface area contributed by atoms with Crippen LogP contribution in [0.5, 0.6) is 0 Å². The Labute approximate surface area is 78.4 Å². The van der Waals surface area contributed by atoms with Crippen molar-refractivity contribution in [3.05, 3.63) is 35.9 Å². The number of benzene rings is 1. The molecular weight excluding hydrogens is 162 g/mol. The maximum atomic E-state index is 10.3. The summed E-state index contributed by atoms with van der Waals surface area (Å²) in [5.74, 6) is 0. The van der Waals surface area contributed by atoms with Crippen LogP contribution >= 0.6 is 0 Å². The van der Waals surface area contributed by atoms with Crippen molar-refractivity contribution in [3.63, 3.8) is 0 Å². The van der Waals surface area contributed by atoms with E-state index in [2.05, 4.69) is 0 Å². The van der Waals surface area contributed by atoms with Crippen molar-refractivity contribution in [1.29, 1.82) is 0 Å². The summed E-state index contributed by atoms with van der Waals surface area (Å²) < 4.78 is 0. The summed E-state index contributed by atoms with van der Waals surface area (Å²) in [6.45, 7) is 0. The molecule has 1 aromatic rings. The smallest absolute Gasteiger partial charge is 0.105 e. The van der Waals surface area contributed by atoms with E-state index in [1.165, 1.54) is 0 Å². The van der Waals surface area contributed by atoms with E-state index in [0.717, 1.165) is 24.8 Å². The molecule has 0 spiro atoms. The first-order chi connectivity index (χ1) is 6.23. The highest BCUT2D eigenvalue weighted by Gasteiger charge is 2.39. The van der Waals surface area contributed by atoms with E-state index in [9.17, 15) is 5.11 Å². The third-order valence-corrected chi connectivity index (χ3v) is 2.96. The molecule has 2 rings (SSSR count). The summed E-state index contributed by atoms with van der Waals surface area (Å²) in [6.07, 6.45) is 2.73. The Morgan fingerprint density at radius 2 is 2.00 bits per heavy atom. The number of nitrogens with two attached hydrogens (primary N) is 1. The Bertz CT molecular complexity index is 285. The van der Waals surface area contributed by atoms with Crippen LogP contribution in [0, 0.1) is 0 Å². The molecule has 1 aliphatic rings. The molecule has 2 heteroatoms. The van der Waals surface area contributed by atoms with Crippen LogP contribution in [0.15, 0.2) is 30.3 Å². The molecule has 0 radical (unpaired) electrons. The Hall–Kier alpha value is -0.860. The second-order valence-corrected chi connectivity index (χ2v) is 3.79. The van der Waals surface area contributed by atoms with E-state index < -0.39 is 5.60 Å². The van der Waals surface area contributed by atoms with Crippen LogP contribution in [-0.4, -0.2) is 11.1 Å². The van der Waals surface area contributed by atoms with Gasteiger partial charge in [0.25, 0.3) is 0 Å². The Morgan fingerprint density at radius 3 is 2.54 bits per heavy atom. The summed E-state index contributed by atoms with van der Waals surface area (Å²) >= 11 is 0. The predicted octanol–water partition coefficient (Wildman–Crippen LogP) is 1.39. The monoisotopic (exact) mass is 177 g/mol. The zero-order chi connectivity index (χ0) is 9.31. The quantitative estimate of drug-likeness (QED) is 0.681. The van der Waals surface area contributed by atoms with Crippen LogP contribution in [0.2, 0.25) is 0 Å². The highest BCUT2D eigenvalue weighted by atomic mass is 16.3. The highest BCUT2D eigenvalue weighted by Crippen LogP contribution is 2.37. The van der Waals surface area contributed by atoms with E-state index >= 15 is 0 Å². The molecular formula is C11H15NO. The lowest BCUT2D eigenvalue weighted by atomic mass is 9.89. The summed E-state index contributed by atoms with van der Waals surface area (Å²) in [7, 11) is 0. The molecule has 70 valence electrons. The first kappa shape index (κ1) is 8.73. The molecule has 3 N–H and O–H groups in total. The standard InChI is InChI=1S/C11H15NO/c12-10-7-4-8-11(10,13)9-5-2-1-3-6-9/h1-3,5-6,10,13H,4,7-8,12H2/t10-,11?/m1/s1. The van der Waals surface area contributed by atoms with Gasteiger partial charge in [-0.2, -0.15) is 0 Å². The van der Waals surface area contributed by atoms with Gasteiger partial charge in [-0.3, -0.25) is 0 Å². The zero-order valence-corrected chi connectivity index (χ0v) is 7.61. The third kappa shape index (κ3) is 1.36. The Kier molecular flexibility index (Phi) is 2.10. The number of rotatable bonds is 1. The maximum Gasteiger partial charge on any atom is 0.105 e. The Balaban J connectivity index is 2.34. The lowest BCUT2D eigenvalue weighted by molar-refractivity contribution is 0.0282. The lowest BCUT2D eigenvalue weighted by Crippen LogP contribution is -2.40. The average Bonchev–Trinajstić information content (AvgIpc) is 2.50. The van der Waals surface area contributed by atoms with Gasteiger partial charge in [-0.25, -0.2) is 0 Å². The highest BCUT2D eigenvalue weighted by molar-refractivity contribution is 5.25. The van der Waals surface area contributed by atoms with Crippen LogP contribution in [0.1, 0.15) is 24.8 Å². The second-order valence-electron chi connectivity index (χ2n) is 3.79. The minimum absolute atomic E-state index is 0.102. The van der Waals surface area contributed by atoms with Crippen LogP contribution in [0.4, 0.5) is 0 Å². The fraction of sp³-hybridized carbons (Fsp3) is 0.455. The van der Waals surface area contributed by atoms with Crippen LogP contribution < -0.4 is 5.73 Å². The lowest BCUT2D eigenvalue weighted by Gasteiger charge is -2.27. The molecule has 1 aliphatic carbocycles. The van der Waals surface area contributed by atoms with Gasteiger partial charge >= 0.3 is 0 Å². The van der Waals surface area contributed by atoms with Crippen molar-refractivity contribution in [2.24, 2.45) is 5.73 Å². The molecule has 1 unspecified atom stereocenters. The summed E-state index contributed by atoms with van der Waals surface area (Å²) in [4.78, 5) is 0. The molecule has 1 saturated carbocycles. The van der Waals surface area contributed by atoms with Gasteiger partial charge in [0, 0.05) is 6.04 Å². The van der Waals surface area contributed by atoms with Crippen molar-refractivity contribution in [3.8, 4) is 0 Å². The van der Waals surface area contributed by atoms with Gasteiger partial charge in [0.2, 0.25) is 0 Å². The SMILES string of the molecule is N[C@@H]1CCCC1(O)c1ccccc1. The molecule has 0 saturated heterocycles. The van der Waals surface area contributed by atoms with Gasteiger partial charge in [-0.15, -0.1) is 0 Å².